The van der Waals surface area contributed by atoms with Gasteiger partial charge in [-0.05, 0) is 69.6 Å². The Morgan fingerprint density at radius 3 is 2.21 bits per heavy atom. The van der Waals surface area contributed by atoms with Crippen LogP contribution < -0.4 is 5.32 Å². The Morgan fingerprint density at radius 1 is 0.966 bits per heavy atom. The van der Waals surface area contributed by atoms with Crippen molar-refractivity contribution in [2.24, 2.45) is 0 Å². The summed E-state index contributed by atoms with van der Waals surface area (Å²) in [5, 5.41) is 3.03. The second-order valence-electron chi connectivity index (χ2n) is 8.31. The smallest absolute Gasteiger partial charge is 0.251 e. The van der Waals surface area contributed by atoms with Crippen LogP contribution in [0.4, 0.5) is 0 Å². The zero-order chi connectivity index (χ0) is 20.9. The molecule has 1 aliphatic heterocycles. The molecule has 1 aliphatic rings. The molecule has 0 bridgehead atoms. The van der Waals surface area contributed by atoms with Crippen molar-refractivity contribution in [2.45, 2.75) is 49.3 Å². The average Bonchev–Trinajstić information content (AvgIpc) is 2.74. The largest absolute Gasteiger partial charge is 0.350 e. The van der Waals surface area contributed by atoms with Crippen LogP contribution in [0, 0.1) is 0 Å². The van der Waals surface area contributed by atoms with Crippen LogP contribution in [0.25, 0.3) is 0 Å². The first-order valence-electron chi connectivity index (χ1n) is 10.2. The Kier molecular flexibility index (Phi) is 6.75. The maximum Gasteiger partial charge on any atom is 0.251 e. The van der Waals surface area contributed by atoms with E-state index in [1.807, 2.05) is 0 Å². The van der Waals surface area contributed by atoms with Crippen molar-refractivity contribution < 1.29 is 13.2 Å². The molecule has 2 aromatic carbocycles. The van der Waals surface area contributed by atoms with Crippen LogP contribution in [0.15, 0.2) is 59.5 Å². The number of nitrogens with zero attached hydrogens (tertiary/aromatic N) is 1. The quantitative estimate of drug-likeness (QED) is 0.751. The molecule has 3 rings (SSSR count). The van der Waals surface area contributed by atoms with E-state index < -0.39 is 9.84 Å². The zero-order valence-corrected chi connectivity index (χ0v) is 18.0. The highest BCUT2D eigenvalue weighted by Gasteiger charge is 2.28. The Labute approximate surface area is 174 Å². The van der Waals surface area contributed by atoms with Gasteiger partial charge in [0.25, 0.3) is 5.91 Å². The summed E-state index contributed by atoms with van der Waals surface area (Å²) >= 11 is 0. The molecule has 0 aromatic heterocycles. The number of carbonyl (C=O) groups is 1. The van der Waals surface area contributed by atoms with Gasteiger partial charge in [-0.15, -0.1) is 0 Å². The summed E-state index contributed by atoms with van der Waals surface area (Å²) in [7, 11) is -3.39. The number of hydrogen-bond acceptors (Lipinski definition) is 4. The van der Waals surface area contributed by atoms with Gasteiger partial charge in [0.05, 0.1) is 10.6 Å². The van der Waals surface area contributed by atoms with Crippen molar-refractivity contribution in [3.05, 3.63) is 65.7 Å². The molecule has 2 aromatic rings. The molecule has 0 radical (unpaired) electrons. The molecular weight excluding hydrogens is 384 g/mol. The van der Waals surface area contributed by atoms with Gasteiger partial charge in [0.2, 0.25) is 0 Å². The third-order valence-electron chi connectivity index (χ3n) is 5.57. The molecule has 0 spiro atoms. The van der Waals surface area contributed by atoms with E-state index in [0.717, 1.165) is 13.1 Å². The van der Waals surface area contributed by atoms with Crippen molar-refractivity contribution in [3.63, 3.8) is 0 Å². The summed E-state index contributed by atoms with van der Waals surface area (Å²) < 4.78 is 25.0. The van der Waals surface area contributed by atoms with Crippen molar-refractivity contribution in [3.8, 4) is 0 Å². The second kappa shape index (κ2) is 9.09. The summed E-state index contributed by atoms with van der Waals surface area (Å²) in [6.45, 7) is 7.06. The first-order valence-corrected chi connectivity index (χ1v) is 11.8. The van der Waals surface area contributed by atoms with Gasteiger partial charge in [-0.2, -0.15) is 0 Å². The van der Waals surface area contributed by atoms with Gasteiger partial charge in [0, 0.05) is 17.6 Å². The number of nitrogens with one attached hydrogen (secondary N) is 1. The number of sulfone groups is 1. The first-order chi connectivity index (χ1) is 13.8. The third kappa shape index (κ3) is 5.67. The molecule has 1 N–H and O–H groups in total. The fourth-order valence-electron chi connectivity index (χ4n) is 3.69. The van der Waals surface area contributed by atoms with E-state index in [2.05, 4.69) is 24.1 Å². The lowest BCUT2D eigenvalue weighted by molar-refractivity contribution is 0.0797. The van der Waals surface area contributed by atoms with E-state index in [9.17, 15) is 13.2 Å². The Morgan fingerprint density at radius 2 is 1.59 bits per heavy atom. The predicted octanol–water partition coefficient (Wildman–Crippen LogP) is 3.65. The highest BCUT2D eigenvalue weighted by Crippen LogP contribution is 2.20. The second-order valence-corrected chi connectivity index (χ2v) is 10.3. The fourth-order valence-corrected chi connectivity index (χ4v) is 5.06. The molecule has 1 heterocycles. The lowest BCUT2D eigenvalue weighted by Gasteiger charge is -2.41. The van der Waals surface area contributed by atoms with Crippen LogP contribution in [-0.4, -0.2) is 44.4 Å². The summed E-state index contributed by atoms with van der Waals surface area (Å²) in [6, 6.07) is 15.2. The highest BCUT2D eigenvalue weighted by molar-refractivity contribution is 7.90. The summed E-state index contributed by atoms with van der Waals surface area (Å²) in [4.78, 5) is 15.3. The van der Waals surface area contributed by atoms with E-state index in [4.69, 9.17) is 0 Å². The fraction of sp³-hybridized carbons (Fsp3) is 0.435. The maximum absolute atomic E-state index is 12.5. The maximum atomic E-state index is 12.5. The molecular formula is C23H30N2O3S. The number of benzene rings is 2. The number of amides is 1. The number of piperidine rings is 1. The molecule has 1 amide bonds. The molecule has 0 unspecified atom stereocenters. The molecule has 0 saturated carbocycles. The van der Waals surface area contributed by atoms with Crippen LogP contribution in [0.3, 0.4) is 0 Å². The lowest BCUT2D eigenvalue weighted by atomic mass is 9.98. The molecule has 5 nitrogen and oxygen atoms in total. The third-order valence-corrected chi connectivity index (χ3v) is 7.27. The normalized spacial score (nSPS) is 15.8. The van der Waals surface area contributed by atoms with Crippen LogP contribution in [-0.2, 0) is 15.6 Å². The predicted molar refractivity (Wildman–Crippen MR) is 116 cm³/mol. The van der Waals surface area contributed by atoms with E-state index in [-0.39, 0.29) is 17.2 Å². The van der Waals surface area contributed by atoms with Gasteiger partial charge < -0.3 is 5.32 Å². The van der Waals surface area contributed by atoms with Gasteiger partial charge in [-0.25, -0.2) is 8.42 Å². The minimum Gasteiger partial charge on any atom is -0.350 e. The SMILES string of the molecule is CC(C)(CNC(=O)c1ccc(CS(=O)(=O)c2ccccc2)cc1)N1CCCCC1. The van der Waals surface area contributed by atoms with Crippen molar-refractivity contribution >= 4 is 15.7 Å². The topological polar surface area (TPSA) is 66.5 Å². The van der Waals surface area contributed by atoms with Gasteiger partial charge in [-0.1, -0.05) is 36.8 Å². The monoisotopic (exact) mass is 414 g/mol. The van der Waals surface area contributed by atoms with Crippen molar-refractivity contribution in [1.82, 2.24) is 10.2 Å². The van der Waals surface area contributed by atoms with E-state index in [1.165, 1.54) is 19.3 Å². The van der Waals surface area contributed by atoms with E-state index >= 15 is 0 Å². The van der Waals surface area contributed by atoms with Crippen LogP contribution in [0.2, 0.25) is 0 Å². The van der Waals surface area contributed by atoms with Gasteiger partial charge in [-0.3, -0.25) is 9.69 Å². The Balaban J connectivity index is 1.59. The van der Waals surface area contributed by atoms with E-state index in [0.29, 0.717) is 22.6 Å². The van der Waals surface area contributed by atoms with Crippen molar-refractivity contribution in [1.29, 1.82) is 0 Å². The number of carbonyl (C=O) groups excluding carboxylic acids is 1. The van der Waals surface area contributed by atoms with Crippen LogP contribution in [0.1, 0.15) is 49.0 Å². The van der Waals surface area contributed by atoms with Crippen LogP contribution >= 0.6 is 0 Å². The Hall–Kier alpha value is -2.18. The molecule has 1 fully saturated rings. The number of rotatable bonds is 7. The van der Waals surface area contributed by atoms with Gasteiger partial charge in [0.1, 0.15) is 0 Å². The summed E-state index contributed by atoms with van der Waals surface area (Å²) in [5.41, 5.74) is 1.12. The lowest BCUT2D eigenvalue weighted by Crippen LogP contribution is -2.53. The standard InChI is InChI=1S/C23H30N2O3S/c1-23(2,25-15-7-4-8-16-25)18-24-22(26)20-13-11-19(12-14-20)17-29(27,28)21-9-5-3-6-10-21/h3,5-6,9-14H,4,7-8,15-18H2,1-2H3,(H,24,26). The molecule has 156 valence electrons. The minimum absolute atomic E-state index is 0.0824. The first kappa shape index (κ1) is 21.5. The summed E-state index contributed by atoms with van der Waals surface area (Å²) in [6.07, 6.45) is 3.71. The minimum atomic E-state index is -3.39. The molecule has 1 saturated heterocycles. The van der Waals surface area contributed by atoms with Gasteiger partial charge >= 0.3 is 0 Å². The molecule has 0 atom stereocenters. The summed E-state index contributed by atoms with van der Waals surface area (Å²) in [5.74, 6) is -0.214. The average molecular weight is 415 g/mol. The number of hydrogen-bond donors (Lipinski definition) is 1. The van der Waals surface area contributed by atoms with Crippen LogP contribution in [0.5, 0.6) is 0 Å². The molecule has 0 aliphatic carbocycles. The van der Waals surface area contributed by atoms with Gasteiger partial charge in [0.15, 0.2) is 9.84 Å². The number of likely N-dealkylation sites (tertiary alicyclic amines) is 1. The van der Waals surface area contributed by atoms with Crippen molar-refractivity contribution in [2.75, 3.05) is 19.6 Å². The molecule has 6 heteroatoms. The van der Waals surface area contributed by atoms with E-state index in [1.54, 1.807) is 54.6 Å². The Bertz CT molecular complexity index is 916. The highest BCUT2D eigenvalue weighted by atomic mass is 32.2. The molecule has 29 heavy (non-hydrogen) atoms. The zero-order valence-electron chi connectivity index (χ0n) is 17.2.